The van der Waals surface area contributed by atoms with Crippen molar-refractivity contribution >= 4 is 34.0 Å². The minimum atomic E-state index is -0.313. The standard InChI is InChI=1S/C13H21NO3S2/c15-10-17-13-6-3-8-14(13)12(16)5-2-1-4-11-7-9-18-19-11/h10-11,13H,1-9H2/t11?,13-/m1/s1. The number of unbranched alkanes of at least 4 members (excludes halogenated alkanes) is 1. The van der Waals surface area contributed by atoms with Gasteiger partial charge in [-0.25, -0.2) is 0 Å². The fraction of sp³-hybridized carbons (Fsp3) is 0.846. The molecule has 0 radical (unpaired) electrons. The van der Waals surface area contributed by atoms with Crippen LogP contribution in [0.25, 0.3) is 0 Å². The van der Waals surface area contributed by atoms with Crippen molar-refractivity contribution in [1.29, 1.82) is 0 Å². The zero-order valence-electron chi connectivity index (χ0n) is 11.1. The second-order valence-electron chi connectivity index (χ2n) is 4.99. The minimum Gasteiger partial charge on any atom is -0.444 e. The van der Waals surface area contributed by atoms with Crippen LogP contribution in [0.2, 0.25) is 0 Å². The van der Waals surface area contributed by atoms with E-state index in [1.54, 1.807) is 4.90 Å². The monoisotopic (exact) mass is 303 g/mol. The van der Waals surface area contributed by atoms with Crippen LogP contribution in [-0.2, 0) is 14.3 Å². The molecular weight excluding hydrogens is 282 g/mol. The highest BCUT2D eigenvalue weighted by molar-refractivity contribution is 8.77. The molecule has 2 aliphatic heterocycles. The van der Waals surface area contributed by atoms with Crippen LogP contribution in [0.1, 0.15) is 44.9 Å². The van der Waals surface area contributed by atoms with E-state index in [4.69, 9.17) is 4.74 Å². The minimum absolute atomic E-state index is 0.137. The van der Waals surface area contributed by atoms with Crippen molar-refractivity contribution in [2.45, 2.75) is 56.4 Å². The summed E-state index contributed by atoms with van der Waals surface area (Å²) in [5, 5.41) is 0.790. The van der Waals surface area contributed by atoms with Crippen molar-refractivity contribution in [3.63, 3.8) is 0 Å². The lowest BCUT2D eigenvalue weighted by molar-refractivity contribution is -0.150. The van der Waals surface area contributed by atoms with E-state index in [1.165, 1.54) is 18.6 Å². The van der Waals surface area contributed by atoms with Gasteiger partial charge >= 0.3 is 0 Å². The van der Waals surface area contributed by atoms with Crippen LogP contribution in [0.4, 0.5) is 0 Å². The van der Waals surface area contributed by atoms with Crippen molar-refractivity contribution in [2.24, 2.45) is 0 Å². The molecule has 2 heterocycles. The summed E-state index contributed by atoms with van der Waals surface area (Å²) in [6, 6.07) is 0. The second-order valence-corrected chi connectivity index (χ2v) is 7.78. The molecule has 0 aromatic rings. The molecule has 0 spiro atoms. The number of likely N-dealkylation sites (tertiary alicyclic amines) is 1. The zero-order chi connectivity index (χ0) is 13.5. The molecule has 1 unspecified atom stereocenters. The topological polar surface area (TPSA) is 46.6 Å². The number of hydrogen-bond acceptors (Lipinski definition) is 5. The molecule has 1 amide bonds. The molecule has 108 valence electrons. The Balaban J connectivity index is 1.61. The molecule has 2 fully saturated rings. The summed E-state index contributed by atoms with van der Waals surface area (Å²) in [5.74, 6) is 1.41. The molecule has 6 heteroatoms. The molecule has 0 aliphatic carbocycles. The van der Waals surface area contributed by atoms with Crippen molar-refractivity contribution in [1.82, 2.24) is 4.90 Å². The number of carbonyl (C=O) groups excluding carboxylic acids is 2. The van der Waals surface area contributed by atoms with Crippen molar-refractivity contribution in [2.75, 3.05) is 12.3 Å². The van der Waals surface area contributed by atoms with Crippen LogP contribution in [0.15, 0.2) is 0 Å². The van der Waals surface area contributed by atoms with Crippen molar-refractivity contribution in [3.05, 3.63) is 0 Å². The van der Waals surface area contributed by atoms with E-state index in [2.05, 4.69) is 0 Å². The Kier molecular flexibility index (Phi) is 6.37. The van der Waals surface area contributed by atoms with Gasteiger partial charge in [0.05, 0.1) is 0 Å². The van der Waals surface area contributed by atoms with Gasteiger partial charge in [0.15, 0.2) is 6.23 Å². The first kappa shape index (κ1) is 15.0. The Labute approximate surface area is 122 Å². The Hall–Kier alpha value is -0.360. The van der Waals surface area contributed by atoms with Gasteiger partial charge in [-0.05, 0) is 25.7 Å². The average molecular weight is 303 g/mol. The predicted octanol–water partition coefficient (Wildman–Crippen LogP) is 2.82. The number of nitrogens with zero attached hydrogens (tertiary/aromatic N) is 1. The molecule has 2 saturated heterocycles. The number of hydrogen-bond donors (Lipinski definition) is 0. The summed E-state index contributed by atoms with van der Waals surface area (Å²) in [6.45, 7) is 1.18. The Morgan fingerprint density at radius 3 is 3.00 bits per heavy atom. The lowest BCUT2D eigenvalue weighted by Gasteiger charge is -2.22. The summed E-state index contributed by atoms with van der Waals surface area (Å²) in [6.07, 6.45) is 6.59. The largest absolute Gasteiger partial charge is 0.444 e. The number of carbonyl (C=O) groups is 2. The van der Waals surface area contributed by atoms with E-state index >= 15 is 0 Å². The molecule has 0 aromatic carbocycles. The van der Waals surface area contributed by atoms with E-state index in [9.17, 15) is 9.59 Å². The highest BCUT2D eigenvalue weighted by atomic mass is 33.1. The van der Waals surface area contributed by atoms with Crippen LogP contribution in [0.3, 0.4) is 0 Å². The lowest BCUT2D eigenvalue weighted by atomic mass is 10.1. The highest BCUT2D eigenvalue weighted by Crippen LogP contribution is 2.39. The van der Waals surface area contributed by atoms with E-state index in [0.717, 1.165) is 37.5 Å². The Morgan fingerprint density at radius 2 is 2.26 bits per heavy atom. The number of rotatable bonds is 7. The van der Waals surface area contributed by atoms with Gasteiger partial charge in [-0.15, -0.1) is 0 Å². The predicted molar refractivity (Wildman–Crippen MR) is 78.8 cm³/mol. The second kappa shape index (κ2) is 8.04. The van der Waals surface area contributed by atoms with Crippen LogP contribution >= 0.6 is 21.6 Å². The molecule has 4 nitrogen and oxygen atoms in total. The zero-order valence-corrected chi connectivity index (χ0v) is 12.7. The molecule has 0 aromatic heterocycles. The van der Waals surface area contributed by atoms with Crippen LogP contribution in [0, 0.1) is 0 Å². The van der Waals surface area contributed by atoms with Gasteiger partial charge in [-0.1, -0.05) is 28.0 Å². The maximum absolute atomic E-state index is 12.0. The van der Waals surface area contributed by atoms with E-state index in [-0.39, 0.29) is 12.1 Å². The van der Waals surface area contributed by atoms with Gasteiger partial charge < -0.3 is 9.64 Å². The van der Waals surface area contributed by atoms with E-state index < -0.39 is 0 Å². The summed E-state index contributed by atoms with van der Waals surface area (Å²) in [4.78, 5) is 24.1. The summed E-state index contributed by atoms with van der Waals surface area (Å²) in [5.41, 5.74) is 0. The van der Waals surface area contributed by atoms with Gasteiger partial charge in [0, 0.05) is 30.4 Å². The Bertz CT molecular complexity index is 308. The SMILES string of the molecule is O=CO[C@@H]1CCCN1C(=O)CCCCC1CCSS1. The van der Waals surface area contributed by atoms with Gasteiger partial charge in [-0.3, -0.25) is 9.59 Å². The lowest BCUT2D eigenvalue weighted by Crippen LogP contribution is -2.36. The molecule has 2 atom stereocenters. The maximum Gasteiger partial charge on any atom is 0.295 e. The fourth-order valence-electron chi connectivity index (χ4n) is 2.58. The quantitative estimate of drug-likeness (QED) is 0.411. The van der Waals surface area contributed by atoms with Crippen LogP contribution in [0.5, 0.6) is 0 Å². The first-order valence-corrected chi connectivity index (χ1v) is 9.36. The number of amides is 1. The summed E-state index contributed by atoms with van der Waals surface area (Å²) < 4.78 is 4.94. The van der Waals surface area contributed by atoms with Gasteiger partial charge in [0.1, 0.15) is 0 Å². The third kappa shape index (κ3) is 4.60. The summed E-state index contributed by atoms with van der Waals surface area (Å²) in [7, 11) is 3.96. The van der Waals surface area contributed by atoms with E-state index in [1.807, 2.05) is 21.6 Å². The van der Waals surface area contributed by atoms with Crippen LogP contribution < -0.4 is 0 Å². The normalized spacial score (nSPS) is 26.6. The molecule has 0 saturated carbocycles. The molecule has 0 bridgehead atoms. The van der Waals surface area contributed by atoms with Gasteiger partial charge in [-0.2, -0.15) is 0 Å². The average Bonchev–Trinajstić information content (AvgIpc) is 3.05. The Morgan fingerprint density at radius 1 is 1.37 bits per heavy atom. The highest BCUT2D eigenvalue weighted by Gasteiger charge is 2.29. The molecule has 19 heavy (non-hydrogen) atoms. The third-order valence-electron chi connectivity index (χ3n) is 3.62. The first-order valence-electron chi connectivity index (χ1n) is 6.98. The molecule has 2 aliphatic rings. The van der Waals surface area contributed by atoms with Crippen molar-refractivity contribution < 1.29 is 14.3 Å². The molecule has 2 rings (SSSR count). The first-order chi connectivity index (χ1) is 9.31. The van der Waals surface area contributed by atoms with Gasteiger partial charge in [0.25, 0.3) is 6.47 Å². The van der Waals surface area contributed by atoms with Crippen LogP contribution in [-0.4, -0.2) is 41.1 Å². The fourth-order valence-corrected chi connectivity index (χ4v) is 5.61. The smallest absolute Gasteiger partial charge is 0.295 e. The number of ether oxygens (including phenoxy) is 1. The van der Waals surface area contributed by atoms with E-state index in [0.29, 0.717) is 12.9 Å². The van der Waals surface area contributed by atoms with Crippen molar-refractivity contribution in [3.8, 4) is 0 Å². The molecule has 0 N–H and O–H groups in total. The molecular formula is C13H21NO3S2. The maximum atomic E-state index is 12.0. The third-order valence-corrected chi connectivity index (χ3v) is 6.63. The van der Waals surface area contributed by atoms with Gasteiger partial charge in [0.2, 0.25) is 5.91 Å². The summed E-state index contributed by atoms with van der Waals surface area (Å²) >= 11 is 0.